The fraction of sp³-hybridized carbons (Fsp3) is 0.429. The predicted molar refractivity (Wildman–Crippen MR) is 78.4 cm³/mol. The highest BCUT2D eigenvalue weighted by Crippen LogP contribution is 2.22. The molecule has 1 unspecified atom stereocenters. The minimum absolute atomic E-state index is 0.0176. The summed E-state index contributed by atoms with van der Waals surface area (Å²) in [5.41, 5.74) is 5.69. The summed E-state index contributed by atoms with van der Waals surface area (Å²) < 4.78 is 18.8. The smallest absolute Gasteiger partial charge is 0.256 e. The minimum Gasteiger partial charge on any atom is -0.497 e. The van der Waals surface area contributed by atoms with E-state index in [9.17, 15) is 9.18 Å². The van der Waals surface area contributed by atoms with Gasteiger partial charge in [0.2, 0.25) is 0 Å². The van der Waals surface area contributed by atoms with Crippen molar-refractivity contribution in [3.05, 3.63) is 29.6 Å². The number of hydrogen-bond donors (Lipinski definition) is 1. The van der Waals surface area contributed by atoms with Crippen molar-refractivity contribution in [1.82, 2.24) is 4.90 Å². The van der Waals surface area contributed by atoms with E-state index in [4.69, 9.17) is 22.7 Å². The summed E-state index contributed by atoms with van der Waals surface area (Å²) in [6, 6.07) is 4.23. The number of benzene rings is 1. The van der Waals surface area contributed by atoms with E-state index in [1.165, 1.54) is 19.2 Å². The molecule has 108 valence electrons. The maximum Gasteiger partial charge on any atom is 0.256 e. The number of hydrogen-bond acceptors (Lipinski definition) is 3. The molecule has 0 aromatic heterocycles. The number of rotatable bonds is 3. The van der Waals surface area contributed by atoms with Gasteiger partial charge in [0.15, 0.2) is 0 Å². The zero-order chi connectivity index (χ0) is 14.7. The maximum atomic E-state index is 13.9. The lowest BCUT2D eigenvalue weighted by atomic mass is 9.97. The van der Waals surface area contributed by atoms with Gasteiger partial charge in [0.25, 0.3) is 5.91 Å². The van der Waals surface area contributed by atoms with Crippen LogP contribution in [-0.4, -0.2) is 36.0 Å². The fourth-order valence-electron chi connectivity index (χ4n) is 2.36. The Morgan fingerprint density at radius 2 is 2.30 bits per heavy atom. The molecule has 6 heteroatoms. The molecule has 0 saturated carbocycles. The lowest BCUT2D eigenvalue weighted by Gasteiger charge is -2.32. The Balaban J connectivity index is 2.16. The number of carbonyl (C=O) groups is 1. The lowest BCUT2D eigenvalue weighted by molar-refractivity contribution is 0.0699. The Kier molecular flexibility index (Phi) is 4.54. The highest BCUT2D eigenvalue weighted by atomic mass is 32.1. The minimum atomic E-state index is -0.577. The molecule has 1 aromatic carbocycles. The molecule has 0 radical (unpaired) electrons. The number of piperidine rings is 1. The fourth-order valence-corrected chi connectivity index (χ4v) is 2.55. The van der Waals surface area contributed by atoms with Crippen LogP contribution in [0.1, 0.15) is 23.2 Å². The van der Waals surface area contributed by atoms with Crippen LogP contribution in [0.4, 0.5) is 4.39 Å². The first-order chi connectivity index (χ1) is 9.52. The molecule has 0 bridgehead atoms. The van der Waals surface area contributed by atoms with E-state index >= 15 is 0 Å². The van der Waals surface area contributed by atoms with Crippen molar-refractivity contribution in [2.24, 2.45) is 11.7 Å². The molecular weight excluding hydrogens is 279 g/mol. The Hall–Kier alpha value is -1.69. The van der Waals surface area contributed by atoms with E-state index in [-0.39, 0.29) is 17.4 Å². The average molecular weight is 296 g/mol. The third kappa shape index (κ3) is 3.07. The molecule has 1 aliphatic heterocycles. The van der Waals surface area contributed by atoms with E-state index in [0.717, 1.165) is 12.8 Å². The Bertz CT molecular complexity index is 536. The van der Waals surface area contributed by atoms with Crippen molar-refractivity contribution in [1.29, 1.82) is 0 Å². The third-order valence-corrected chi connectivity index (χ3v) is 3.85. The van der Waals surface area contributed by atoms with Gasteiger partial charge < -0.3 is 15.4 Å². The van der Waals surface area contributed by atoms with Crippen LogP contribution in [0.5, 0.6) is 5.75 Å². The van der Waals surface area contributed by atoms with Crippen LogP contribution in [0, 0.1) is 11.7 Å². The Morgan fingerprint density at radius 3 is 2.90 bits per heavy atom. The second-order valence-electron chi connectivity index (χ2n) is 4.84. The number of thiocarbonyl (C=S) groups is 1. The first-order valence-electron chi connectivity index (χ1n) is 6.45. The van der Waals surface area contributed by atoms with E-state index in [0.29, 0.717) is 23.8 Å². The van der Waals surface area contributed by atoms with Gasteiger partial charge >= 0.3 is 0 Å². The molecule has 0 spiro atoms. The van der Waals surface area contributed by atoms with Gasteiger partial charge in [0.05, 0.1) is 17.7 Å². The SMILES string of the molecule is COc1ccc(C(=O)N2CCCC(C(N)=S)C2)c(F)c1. The van der Waals surface area contributed by atoms with Crippen LogP contribution >= 0.6 is 12.2 Å². The predicted octanol–water partition coefficient (Wildman–Crippen LogP) is 1.97. The molecule has 2 rings (SSSR count). The van der Waals surface area contributed by atoms with Crippen LogP contribution in [-0.2, 0) is 0 Å². The largest absolute Gasteiger partial charge is 0.497 e. The van der Waals surface area contributed by atoms with Gasteiger partial charge in [-0.25, -0.2) is 4.39 Å². The highest BCUT2D eigenvalue weighted by Gasteiger charge is 2.27. The van der Waals surface area contributed by atoms with Crippen molar-refractivity contribution >= 4 is 23.1 Å². The first kappa shape index (κ1) is 14.7. The molecule has 1 amide bonds. The molecule has 0 aliphatic carbocycles. The van der Waals surface area contributed by atoms with Gasteiger partial charge in [-0.2, -0.15) is 0 Å². The van der Waals surface area contributed by atoms with Crippen LogP contribution in [0.3, 0.4) is 0 Å². The number of ether oxygens (including phenoxy) is 1. The van der Waals surface area contributed by atoms with Gasteiger partial charge in [0, 0.05) is 25.1 Å². The van der Waals surface area contributed by atoms with Gasteiger partial charge in [-0.15, -0.1) is 0 Å². The zero-order valence-corrected chi connectivity index (χ0v) is 12.1. The van der Waals surface area contributed by atoms with E-state index in [1.54, 1.807) is 11.0 Å². The van der Waals surface area contributed by atoms with Crippen molar-refractivity contribution in [3.8, 4) is 5.75 Å². The van der Waals surface area contributed by atoms with E-state index < -0.39 is 5.82 Å². The van der Waals surface area contributed by atoms with E-state index in [1.807, 2.05) is 0 Å². The molecule has 1 aliphatic rings. The molecule has 20 heavy (non-hydrogen) atoms. The van der Waals surface area contributed by atoms with Gasteiger partial charge in [-0.1, -0.05) is 12.2 Å². The monoisotopic (exact) mass is 296 g/mol. The highest BCUT2D eigenvalue weighted by molar-refractivity contribution is 7.80. The normalized spacial score (nSPS) is 18.7. The topological polar surface area (TPSA) is 55.6 Å². The number of nitrogens with zero attached hydrogens (tertiary/aromatic N) is 1. The van der Waals surface area contributed by atoms with Crippen molar-refractivity contribution < 1.29 is 13.9 Å². The van der Waals surface area contributed by atoms with Crippen LogP contribution in [0.15, 0.2) is 18.2 Å². The summed E-state index contributed by atoms with van der Waals surface area (Å²) in [7, 11) is 1.45. The van der Waals surface area contributed by atoms with Crippen LogP contribution < -0.4 is 10.5 Å². The number of halogens is 1. The summed E-state index contributed by atoms with van der Waals surface area (Å²) in [5.74, 6) is -0.499. The summed E-state index contributed by atoms with van der Waals surface area (Å²) in [6.07, 6.45) is 1.70. The number of carbonyl (C=O) groups excluding carboxylic acids is 1. The summed E-state index contributed by atoms with van der Waals surface area (Å²) in [4.78, 5) is 14.4. The van der Waals surface area contributed by atoms with Crippen molar-refractivity contribution in [3.63, 3.8) is 0 Å². The van der Waals surface area contributed by atoms with Gasteiger partial charge in [-0.3, -0.25) is 4.79 Å². The molecule has 1 atom stereocenters. The number of likely N-dealkylation sites (tertiary alicyclic amines) is 1. The van der Waals surface area contributed by atoms with Crippen LogP contribution in [0.25, 0.3) is 0 Å². The summed E-state index contributed by atoms with van der Waals surface area (Å²) in [5, 5.41) is 0. The number of nitrogens with two attached hydrogens (primary N) is 1. The zero-order valence-electron chi connectivity index (χ0n) is 11.3. The third-order valence-electron chi connectivity index (χ3n) is 3.52. The summed E-state index contributed by atoms with van der Waals surface area (Å²) >= 11 is 4.98. The Morgan fingerprint density at radius 1 is 1.55 bits per heavy atom. The quantitative estimate of drug-likeness (QED) is 0.867. The molecule has 1 heterocycles. The standard InChI is InChI=1S/C14H17FN2O2S/c1-19-10-4-5-11(12(15)7-10)14(18)17-6-2-3-9(8-17)13(16)20/h4-5,7,9H,2-3,6,8H2,1H3,(H2,16,20). The second kappa shape index (κ2) is 6.17. The molecular formula is C14H17FN2O2S. The Labute approximate surface area is 122 Å². The molecule has 4 nitrogen and oxygen atoms in total. The summed E-state index contributed by atoms with van der Waals surface area (Å²) in [6.45, 7) is 1.06. The lowest BCUT2D eigenvalue weighted by Crippen LogP contribution is -2.43. The second-order valence-corrected chi connectivity index (χ2v) is 5.31. The molecule has 2 N–H and O–H groups in total. The number of amides is 1. The van der Waals surface area contributed by atoms with Gasteiger partial charge in [0.1, 0.15) is 11.6 Å². The van der Waals surface area contributed by atoms with E-state index in [2.05, 4.69) is 0 Å². The molecule has 1 saturated heterocycles. The van der Waals surface area contributed by atoms with Crippen molar-refractivity contribution in [2.45, 2.75) is 12.8 Å². The van der Waals surface area contributed by atoms with Crippen molar-refractivity contribution in [2.75, 3.05) is 20.2 Å². The average Bonchev–Trinajstić information content (AvgIpc) is 2.46. The molecule has 1 fully saturated rings. The van der Waals surface area contributed by atoms with Gasteiger partial charge in [-0.05, 0) is 25.0 Å². The molecule has 1 aromatic rings. The first-order valence-corrected chi connectivity index (χ1v) is 6.86. The van der Waals surface area contributed by atoms with Crippen LogP contribution in [0.2, 0.25) is 0 Å². The number of methoxy groups -OCH3 is 1. The maximum absolute atomic E-state index is 13.9.